The van der Waals surface area contributed by atoms with Crippen LogP contribution in [-0.4, -0.2) is 42.6 Å². The molecule has 2 unspecified atom stereocenters. The molecule has 2 heterocycles. The molecule has 1 radical (unpaired) electrons. The molecule has 1 aliphatic rings. The van der Waals surface area contributed by atoms with Crippen LogP contribution in [0, 0.1) is 6.42 Å². The summed E-state index contributed by atoms with van der Waals surface area (Å²) >= 11 is 0. The number of hydrogen-bond donors (Lipinski definition) is 0. The number of carbonyl (C=O) groups excluding carboxylic acids is 1. The Kier molecular flexibility index (Phi) is 4.82. The fourth-order valence-electron chi connectivity index (χ4n) is 2.07. The topological polar surface area (TPSA) is 91.4 Å². The number of nitrogens with zero attached hydrogens (tertiary/aromatic N) is 5. The van der Waals surface area contributed by atoms with E-state index in [9.17, 15) is 14.0 Å². The summed E-state index contributed by atoms with van der Waals surface area (Å²) < 4.78 is 20.5. The quantitative estimate of drug-likeness (QED) is 0.533. The third-order valence-electron chi connectivity index (χ3n) is 3.15. The van der Waals surface area contributed by atoms with E-state index in [-0.39, 0.29) is 44.1 Å². The van der Waals surface area contributed by atoms with E-state index in [1.165, 1.54) is 13.5 Å². The number of fused-ring (bicyclic) bond motifs is 1. The third-order valence-corrected chi connectivity index (χ3v) is 3.15. The number of aromatic nitrogens is 5. The molecule has 1 saturated carbocycles. The number of imidazole rings is 1. The van der Waals surface area contributed by atoms with Crippen LogP contribution in [0.2, 0.25) is 0 Å². The molecule has 0 saturated heterocycles. The molecule has 0 spiro atoms. The Labute approximate surface area is 143 Å². The molecule has 0 bridgehead atoms. The average Bonchev–Trinajstić information content (AvgIpc) is 3.01. The molecular formula is C11H11FN5O3Y-. The van der Waals surface area contributed by atoms with Crippen molar-refractivity contribution in [3.8, 4) is 0 Å². The van der Waals surface area contributed by atoms with Gasteiger partial charge in [0.2, 0.25) is 0 Å². The van der Waals surface area contributed by atoms with Crippen LogP contribution in [0.4, 0.5) is 4.39 Å². The van der Waals surface area contributed by atoms with E-state index >= 15 is 0 Å². The SMILES string of the molecule is Cn1nnc2c(C(=O)OC3CC[CH-]C3F)ncn2c1=O.[Y]. The van der Waals surface area contributed by atoms with Crippen LogP contribution < -0.4 is 5.69 Å². The molecule has 109 valence electrons. The summed E-state index contributed by atoms with van der Waals surface area (Å²) in [6, 6.07) is 0. The Bertz CT molecular complexity index is 730. The minimum atomic E-state index is -1.27. The van der Waals surface area contributed by atoms with Crippen LogP contribution in [0.1, 0.15) is 23.3 Å². The van der Waals surface area contributed by atoms with Gasteiger partial charge in [-0.2, -0.15) is 11.1 Å². The molecule has 10 heteroatoms. The molecule has 3 rings (SSSR count). The van der Waals surface area contributed by atoms with Crippen molar-refractivity contribution in [3.63, 3.8) is 0 Å². The van der Waals surface area contributed by atoms with Gasteiger partial charge < -0.3 is 4.74 Å². The van der Waals surface area contributed by atoms with Gasteiger partial charge in [-0.05, 0) is 6.42 Å². The molecule has 0 N–H and O–H groups in total. The first-order chi connectivity index (χ1) is 9.58. The Morgan fingerprint density at radius 1 is 1.57 bits per heavy atom. The maximum atomic E-state index is 13.4. The average molecular weight is 369 g/mol. The zero-order valence-electron chi connectivity index (χ0n) is 11.1. The van der Waals surface area contributed by atoms with Crippen molar-refractivity contribution in [2.45, 2.75) is 25.1 Å². The zero-order valence-corrected chi connectivity index (χ0v) is 14.0. The minimum absolute atomic E-state index is 0. The summed E-state index contributed by atoms with van der Waals surface area (Å²) in [6.45, 7) is 0. The first-order valence-corrected chi connectivity index (χ1v) is 6.03. The van der Waals surface area contributed by atoms with Crippen LogP contribution in [0.5, 0.6) is 0 Å². The Morgan fingerprint density at radius 2 is 2.33 bits per heavy atom. The predicted octanol–water partition coefficient (Wildman–Crippen LogP) is -0.318. The van der Waals surface area contributed by atoms with Crippen molar-refractivity contribution in [2.75, 3.05) is 0 Å². The van der Waals surface area contributed by atoms with Gasteiger partial charge in [0.25, 0.3) is 0 Å². The smallest absolute Gasteiger partial charge is 0.361 e. The van der Waals surface area contributed by atoms with Crippen molar-refractivity contribution in [2.24, 2.45) is 7.05 Å². The molecule has 1 fully saturated rings. The molecule has 0 aromatic carbocycles. The van der Waals surface area contributed by atoms with E-state index < -0.39 is 23.9 Å². The van der Waals surface area contributed by atoms with Gasteiger partial charge >= 0.3 is 11.7 Å². The number of carbonyl (C=O) groups is 1. The van der Waals surface area contributed by atoms with Gasteiger partial charge in [0, 0.05) is 45.9 Å². The molecule has 1 aliphatic carbocycles. The predicted molar refractivity (Wildman–Crippen MR) is 63.7 cm³/mol. The van der Waals surface area contributed by atoms with Crippen LogP contribution in [0.3, 0.4) is 0 Å². The van der Waals surface area contributed by atoms with Gasteiger partial charge in [-0.1, -0.05) is 5.21 Å². The Hall–Kier alpha value is -1.22. The maximum absolute atomic E-state index is 13.4. The van der Waals surface area contributed by atoms with Crippen LogP contribution in [-0.2, 0) is 44.5 Å². The van der Waals surface area contributed by atoms with Gasteiger partial charge in [-0.15, -0.1) is 5.10 Å². The molecule has 2 aromatic rings. The van der Waals surface area contributed by atoms with Gasteiger partial charge in [-0.3, -0.25) is 10.8 Å². The van der Waals surface area contributed by atoms with Gasteiger partial charge in [0.15, 0.2) is 11.3 Å². The molecular weight excluding hydrogens is 358 g/mol. The normalized spacial score (nSPS) is 21.2. The summed E-state index contributed by atoms with van der Waals surface area (Å²) in [7, 11) is 1.43. The van der Waals surface area contributed by atoms with Gasteiger partial charge in [0.05, 0.1) is 0 Å². The van der Waals surface area contributed by atoms with E-state index in [0.29, 0.717) is 12.8 Å². The summed E-state index contributed by atoms with van der Waals surface area (Å²) in [4.78, 5) is 27.5. The summed E-state index contributed by atoms with van der Waals surface area (Å²) in [5.74, 6) is -0.807. The summed E-state index contributed by atoms with van der Waals surface area (Å²) in [6.07, 6.45) is 1.54. The Balaban J connectivity index is 0.00000161. The number of ether oxygens (including phenoxy) is 1. The van der Waals surface area contributed by atoms with E-state index in [2.05, 4.69) is 15.3 Å². The number of aryl methyl sites for hydroxylation is 1. The van der Waals surface area contributed by atoms with Crippen molar-refractivity contribution in [1.82, 2.24) is 24.4 Å². The molecule has 0 aliphatic heterocycles. The van der Waals surface area contributed by atoms with Crippen LogP contribution in [0.25, 0.3) is 5.65 Å². The van der Waals surface area contributed by atoms with Gasteiger partial charge in [0.1, 0.15) is 12.4 Å². The fourth-order valence-corrected chi connectivity index (χ4v) is 2.07. The monoisotopic (exact) mass is 369 g/mol. The van der Waals surface area contributed by atoms with Crippen molar-refractivity contribution in [1.29, 1.82) is 0 Å². The zero-order chi connectivity index (χ0) is 14.3. The summed E-state index contributed by atoms with van der Waals surface area (Å²) in [5, 5.41) is 7.30. The van der Waals surface area contributed by atoms with E-state index in [1.54, 1.807) is 0 Å². The first-order valence-electron chi connectivity index (χ1n) is 6.03. The van der Waals surface area contributed by atoms with Crippen molar-refractivity contribution < 1.29 is 46.6 Å². The molecule has 2 atom stereocenters. The Morgan fingerprint density at radius 3 is 3.00 bits per heavy atom. The van der Waals surface area contributed by atoms with Crippen LogP contribution in [0.15, 0.2) is 11.1 Å². The second-order valence-corrected chi connectivity index (χ2v) is 4.48. The third kappa shape index (κ3) is 2.89. The molecule has 2 aromatic heterocycles. The molecule has 0 amide bonds. The number of rotatable bonds is 2. The van der Waals surface area contributed by atoms with Crippen LogP contribution >= 0.6 is 0 Å². The number of alkyl halides is 1. The standard InChI is InChI=1S/C11H11FN5O3.Y/c1-16-11(19)17-5-13-8(9(17)14-15-16)10(18)20-7-4-2-3-6(7)12;/h3,5-7H,2,4H2,1H3;/q-1;. The molecule has 8 nitrogen and oxygen atoms in total. The summed E-state index contributed by atoms with van der Waals surface area (Å²) in [5.41, 5.74) is -0.635. The fraction of sp³-hybridized carbons (Fsp3) is 0.455. The molecule has 21 heavy (non-hydrogen) atoms. The number of halogens is 1. The van der Waals surface area contributed by atoms with Crippen molar-refractivity contribution in [3.05, 3.63) is 28.9 Å². The first kappa shape index (κ1) is 16.2. The van der Waals surface area contributed by atoms with E-state index in [0.717, 1.165) is 15.4 Å². The van der Waals surface area contributed by atoms with Crippen molar-refractivity contribution >= 4 is 11.6 Å². The largest absolute Gasteiger partial charge is 0.457 e. The second-order valence-electron chi connectivity index (χ2n) is 4.48. The minimum Gasteiger partial charge on any atom is -0.457 e. The maximum Gasteiger partial charge on any atom is 0.361 e. The van der Waals surface area contributed by atoms with E-state index in [1.807, 2.05) is 0 Å². The number of hydrogen-bond acceptors (Lipinski definition) is 6. The van der Waals surface area contributed by atoms with E-state index in [4.69, 9.17) is 4.74 Å². The second kappa shape index (κ2) is 6.27. The van der Waals surface area contributed by atoms with Gasteiger partial charge in [-0.25, -0.2) is 19.0 Å². The number of esters is 1.